The molecular formula is C12H22N2O2. The van der Waals surface area contributed by atoms with E-state index in [2.05, 4.69) is 11.4 Å². The predicted molar refractivity (Wildman–Crippen MR) is 62.1 cm³/mol. The van der Waals surface area contributed by atoms with E-state index in [0.717, 1.165) is 19.4 Å². The van der Waals surface area contributed by atoms with Crippen molar-refractivity contribution >= 4 is 0 Å². The summed E-state index contributed by atoms with van der Waals surface area (Å²) in [5.41, 5.74) is -0.604. The second-order valence-corrected chi connectivity index (χ2v) is 4.89. The molecule has 0 amide bonds. The first-order valence-electron chi connectivity index (χ1n) is 5.94. The minimum Gasteiger partial charge on any atom is -0.376 e. The molecule has 0 spiro atoms. The lowest BCUT2D eigenvalue weighted by Gasteiger charge is -2.26. The molecule has 1 aliphatic heterocycles. The van der Waals surface area contributed by atoms with Crippen LogP contribution in [-0.4, -0.2) is 37.5 Å². The average Bonchev–Trinajstić information content (AvgIpc) is 2.69. The van der Waals surface area contributed by atoms with Crippen LogP contribution in [0.25, 0.3) is 0 Å². The first-order valence-corrected chi connectivity index (χ1v) is 5.94. The van der Waals surface area contributed by atoms with Crippen molar-refractivity contribution in [1.29, 1.82) is 5.26 Å². The smallest absolute Gasteiger partial charge is 0.127 e. The predicted octanol–water partition coefficient (Wildman–Crippen LogP) is 1.46. The number of nitrogens with one attached hydrogen (secondary N) is 1. The van der Waals surface area contributed by atoms with Gasteiger partial charge >= 0.3 is 0 Å². The van der Waals surface area contributed by atoms with Gasteiger partial charge in [0.2, 0.25) is 0 Å². The molecule has 16 heavy (non-hydrogen) atoms. The third-order valence-electron chi connectivity index (χ3n) is 2.57. The standard InChI is InChI=1S/C12H22N2O2/c1-10(2)14-12(3,8-13)9-15-7-11-5-4-6-16-11/h10-11,14H,4-7,9H2,1-3H3. The highest BCUT2D eigenvalue weighted by Gasteiger charge is 2.25. The van der Waals surface area contributed by atoms with Crippen LogP contribution in [0.5, 0.6) is 0 Å². The van der Waals surface area contributed by atoms with Crippen molar-refractivity contribution in [2.24, 2.45) is 0 Å². The number of hydrogen-bond acceptors (Lipinski definition) is 4. The molecule has 4 nitrogen and oxygen atoms in total. The summed E-state index contributed by atoms with van der Waals surface area (Å²) in [6, 6.07) is 2.53. The fourth-order valence-electron chi connectivity index (χ4n) is 1.91. The molecule has 1 rings (SSSR count). The van der Waals surface area contributed by atoms with Crippen LogP contribution in [0, 0.1) is 11.3 Å². The van der Waals surface area contributed by atoms with Gasteiger partial charge in [0.05, 0.1) is 25.4 Å². The van der Waals surface area contributed by atoms with Crippen molar-refractivity contribution in [2.75, 3.05) is 19.8 Å². The largest absolute Gasteiger partial charge is 0.376 e. The Balaban J connectivity index is 2.25. The van der Waals surface area contributed by atoms with E-state index in [4.69, 9.17) is 14.7 Å². The van der Waals surface area contributed by atoms with Gasteiger partial charge in [-0.05, 0) is 33.6 Å². The van der Waals surface area contributed by atoms with Crippen LogP contribution in [0.1, 0.15) is 33.6 Å². The molecule has 4 heteroatoms. The summed E-state index contributed by atoms with van der Waals surface area (Å²) >= 11 is 0. The second kappa shape index (κ2) is 6.19. The molecule has 1 saturated heterocycles. The molecule has 92 valence electrons. The zero-order chi connectivity index (χ0) is 12.0. The fourth-order valence-corrected chi connectivity index (χ4v) is 1.91. The number of ether oxygens (including phenoxy) is 2. The van der Waals surface area contributed by atoms with E-state index in [1.165, 1.54) is 0 Å². The molecule has 0 aromatic heterocycles. The topological polar surface area (TPSA) is 54.3 Å². The van der Waals surface area contributed by atoms with Gasteiger partial charge in [0.15, 0.2) is 0 Å². The van der Waals surface area contributed by atoms with E-state index < -0.39 is 5.54 Å². The molecule has 0 aliphatic carbocycles. The summed E-state index contributed by atoms with van der Waals surface area (Å²) in [6.45, 7) is 7.75. The van der Waals surface area contributed by atoms with Gasteiger partial charge in [-0.25, -0.2) is 0 Å². The summed E-state index contributed by atoms with van der Waals surface area (Å²) in [5, 5.41) is 12.3. The molecule has 0 bridgehead atoms. The van der Waals surface area contributed by atoms with Crippen molar-refractivity contribution in [2.45, 2.75) is 51.3 Å². The van der Waals surface area contributed by atoms with Crippen LogP contribution in [0.2, 0.25) is 0 Å². The Hall–Kier alpha value is -0.630. The Labute approximate surface area is 97.9 Å². The number of hydrogen-bond donors (Lipinski definition) is 1. The van der Waals surface area contributed by atoms with Gasteiger partial charge in [-0.15, -0.1) is 0 Å². The normalized spacial score (nSPS) is 24.3. The molecule has 2 atom stereocenters. The molecular weight excluding hydrogens is 204 g/mol. The molecule has 0 aromatic carbocycles. The van der Waals surface area contributed by atoms with Crippen LogP contribution in [0.4, 0.5) is 0 Å². The maximum absolute atomic E-state index is 9.10. The lowest BCUT2D eigenvalue weighted by atomic mass is 10.1. The summed E-state index contributed by atoms with van der Waals surface area (Å²) < 4.78 is 11.0. The molecule has 0 aromatic rings. The van der Waals surface area contributed by atoms with Crippen LogP contribution in [0.3, 0.4) is 0 Å². The highest BCUT2D eigenvalue weighted by atomic mass is 16.5. The summed E-state index contributed by atoms with van der Waals surface area (Å²) in [5.74, 6) is 0. The van der Waals surface area contributed by atoms with Crippen molar-refractivity contribution in [3.8, 4) is 6.07 Å². The van der Waals surface area contributed by atoms with Gasteiger partial charge in [0, 0.05) is 12.6 Å². The lowest BCUT2D eigenvalue weighted by molar-refractivity contribution is 0.00356. The average molecular weight is 226 g/mol. The van der Waals surface area contributed by atoms with Crippen molar-refractivity contribution in [1.82, 2.24) is 5.32 Å². The lowest BCUT2D eigenvalue weighted by Crippen LogP contribution is -2.48. The van der Waals surface area contributed by atoms with Gasteiger partial charge in [-0.3, -0.25) is 5.32 Å². The SMILES string of the molecule is CC(C)NC(C)(C#N)COCC1CCCO1. The van der Waals surface area contributed by atoms with E-state index in [0.29, 0.717) is 13.2 Å². The monoisotopic (exact) mass is 226 g/mol. The third kappa shape index (κ3) is 4.48. The number of nitriles is 1. The molecule has 1 fully saturated rings. The molecule has 1 aliphatic rings. The summed E-state index contributed by atoms with van der Waals surface area (Å²) in [7, 11) is 0. The van der Waals surface area contributed by atoms with E-state index in [1.54, 1.807) is 0 Å². The molecule has 1 heterocycles. The van der Waals surface area contributed by atoms with E-state index >= 15 is 0 Å². The van der Waals surface area contributed by atoms with E-state index in [9.17, 15) is 0 Å². The highest BCUT2D eigenvalue weighted by Crippen LogP contribution is 2.13. The van der Waals surface area contributed by atoms with E-state index in [-0.39, 0.29) is 12.1 Å². The molecule has 2 unspecified atom stereocenters. The number of rotatable bonds is 6. The molecule has 0 radical (unpaired) electrons. The Morgan fingerprint density at radius 3 is 2.88 bits per heavy atom. The Kier molecular flexibility index (Phi) is 5.20. The maximum Gasteiger partial charge on any atom is 0.127 e. The van der Waals surface area contributed by atoms with Gasteiger partial charge in [-0.2, -0.15) is 5.26 Å². The minimum absolute atomic E-state index is 0.224. The third-order valence-corrected chi connectivity index (χ3v) is 2.57. The Morgan fingerprint density at radius 1 is 1.62 bits per heavy atom. The van der Waals surface area contributed by atoms with Gasteiger partial charge < -0.3 is 9.47 Å². The van der Waals surface area contributed by atoms with E-state index in [1.807, 2.05) is 20.8 Å². The quantitative estimate of drug-likeness (QED) is 0.745. The summed E-state index contributed by atoms with van der Waals surface area (Å²) in [4.78, 5) is 0. The van der Waals surface area contributed by atoms with Crippen LogP contribution >= 0.6 is 0 Å². The zero-order valence-electron chi connectivity index (χ0n) is 10.5. The first kappa shape index (κ1) is 13.4. The first-order chi connectivity index (χ1) is 7.56. The van der Waals surface area contributed by atoms with Gasteiger partial charge in [-0.1, -0.05) is 0 Å². The zero-order valence-corrected chi connectivity index (χ0v) is 10.5. The van der Waals surface area contributed by atoms with Crippen LogP contribution in [0.15, 0.2) is 0 Å². The maximum atomic E-state index is 9.10. The van der Waals surface area contributed by atoms with Crippen molar-refractivity contribution in [3.63, 3.8) is 0 Å². The fraction of sp³-hybridized carbons (Fsp3) is 0.917. The highest BCUT2D eigenvalue weighted by molar-refractivity contribution is 5.04. The van der Waals surface area contributed by atoms with Gasteiger partial charge in [0.1, 0.15) is 5.54 Å². The Bertz CT molecular complexity index is 244. The Morgan fingerprint density at radius 2 is 2.38 bits per heavy atom. The van der Waals surface area contributed by atoms with Gasteiger partial charge in [0.25, 0.3) is 0 Å². The number of nitrogens with zero attached hydrogens (tertiary/aromatic N) is 1. The van der Waals surface area contributed by atoms with Crippen LogP contribution in [-0.2, 0) is 9.47 Å². The molecule has 1 N–H and O–H groups in total. The van der Waals surface area contributed by atoms with Crippen LogP contribution < -0.4 is 5.32 Å². The molecule has 0 saturated carbocycles. The second-order valence-electron chi connectivity index (χ2n) is 4.89. The summed E-state index contributed by atoms with van der Waals surface area (Å²) in [6.07, 6.45) is 2.41. The minimum atomic E-state index is -0.604. The van der Waals surface area contributed by atoms with Crippen molar-refractivity contribution < 1.29 is 9.47 Å². The van der Waals surface area contributed by atoms with Crippen molar-refractivity contribution in [3.05, 3.63) is 0 Å².